The Hall–Kier alpha value is -1.86. The SMILES string of the molecule is O=C(CCNc1c(F)c(F)nc(F)c1F)N1CCCC1. The molecule has 1 aliphatic rings. The lowest BCUT2D eigenvalue weighted by atomic mass is 10.3. The van der Waals surface area contributed by atoms with Gasteiger partial charge in [-0.1, -0.05) is 0 Å². The highest BCUT2D eigenvalue weighted by atomic mass is 19.2. The zero-order valence-electron chi connectivity index (χ0n) is 10.6. The molecule has 1 aliphatic heterocycles. The first-order valence-corrected chi connectivity index (χ1v) is 6.22. The van der Waals surface area contributed by atoms with Gasteiger partial charge in [-0.25, -0.2) is 0 Å². The Bertz CT molecular complexity index is 492. The Labute approximate surface area is 112 Å². The molecule has 20 heavy (non-hydrogen) atoms. The summed E-state index contributed by atoms with van der Waals surface area (Å²) in [5, 5.41) is 2.20. The molecule has 2 heterocycles. The fraction of sp³-hybridized carbons (Fsp3) is 0.500. The molecule has 1 fully saturated rings. The van der Waals surface area contributed by atoms with E-state index in [1.54, 1.807) is 4.90 Å². The first-order chi connectivity index (χ1) is 9.50. The molecule has 0 atom stereocenters. The Morgan fingerprint density at radius 1 is 1.10 bits per heavy atom. The summed E-state index contributed by atoms with van der Waals surface area (Å²) in [5.74, 6) is -6.81. The van der Waals surface area contributed by atoms with E-state index in [0.29, 0.717) is 13.1 Å². The predicted octanol–water partition coefficient (Wildman–Crippen LogP) is 2.06. The van der Waals surface area contributed by atoms with Crippen LogP contribution in [-0.2, 0) is 4.79 Å². The summed E-state index contributed by atoms with van der Waals surface area (Å²) in [6.07, 6.45) is 1.86. The summed E-state index contributed by atoms with van der Waals surface area (Å²) in [5.41, 5.74) is -0.941. The highest BCUT2D eigenvalue weighted by molar-refractivity contribution is 5.77. The van der Waals surface area contributed by atoms with Crippen molar-refractivity contribution in [2.24, 2.45) is 0 Å². The number of hydrogen-bond donors (Lipinski definition) is 1. The molecule has 110 valence electrons. The van der Waals surface area contributed by atoms with Crippen LogP contribution in [0.15, 0.2) is 0 Å². The Balaban J connectivity index is 1.95. The number of hydrogen-bond acceptors (Lipinski definition) is 3. The molecule has 0 radical (unpaired) electrons. The third-order valence-corrected chi connectivity index (χ3v) is 3.10. The van der Waals surface area contributed by atoms with Crippen molar-refractivity contribution >= 4 is 11.6 Å². The number of pyridine rings is 1. The molecule has 0 saturated carbocycles. The quantitative estimate of drug-likeness (QED) is 0.682. The van der Waals surface area contributed by atoms with E-state index in [1.165, 1.54) is 0 Å². The molecular weight excluding hydrogens is 278 g/mol. The number of carbonyl (C=O) groups is 1. The first-order valence-electron chi connectivity index (χ1n) is 6.22. The van der Waals surface area contributed by atoms with Gasteiger partial charge in [0.25, 0.3) is 11.9 Å². The monoisotopic (exact) mass is 291 g/mol. The van der Waals surface area contributed by atoms with Crippen LogP contribution < -0.4 is 5.32 Å². The van der Waals surface area contributed by atoms with Crippen LogP contribution >= 0.6 is 0 Å². The lowest BCUT2D eigenvalue weighted by Crippen LogP contribution is -2.29. The van der Waals surface area contributed by atoms with Gasteiger partial charge in [-0.15, -0.1) is 0 Å². The van der Waals surface area contributed by atoms with Crippen LogP contribution in [0.5, 0.6) is 0 Å². The maximum Gasteiger partial charge on any atom is 0.253 e. The second-order valence-electron chi connectivity index (χ2n) is 4.46. The molecule has 1 aromatic rings. The van der Waals surface area contributed by atoms with Crippen molar-refractivity contribution in [2.75, 3.05) is 25.0 Å². The molecule has 4 nitrogen and oxygen atoms in total. The standard InChI is InChI=1S/C12H13F4N3O/c13-8-10(9(14)12(16)18-11(8)15)17-4-3-7(20)19-5-1-2-6-19/h1-6H2,(H,17,18). The fourth-order valence-electron chi connectivity index (χ4n) is 2.06. The molecule has 1 N–H and O–H groups in total. The lowest BCUT2D eigenvalue weighted by Gasteiger charge is -2.15. The van der Waals surface area contributed by atoms with E-state index in [-0.39, 0.29) is 18.9 Å². The Kier molecular flexibility index (Phi) is 4.41. The molecule has 0 aliphatic carbocycles. The van der Waals surface area contributed by atoms with Gasteiger partial charge in [-0.05, 0) is 12.8 Å². The number of anilines is 1. The maximum absolute atomic E-state index is 13.3. The molecule has 1 amide bonds. The van der Waals surface area contributed by atoms with Crippen LogP contribution in [0, 0.1) is 23.5 Å². The van der Waals surface area contributed by atoms with Crippen LogP contribution in [0.3, 0.4) is 0 Å². The number of likely N-dealkylation sites (tertiary alicyclic amines) is 1. The molecule has 0 bridgehead atoms. The van der Waals surface area contributed by atoms with Gasteiger partial charge >= 0.3 is 0 Å². The largest absolute Gasteiger partial charge is 0.379 e. The number of aromatic nitrogens is 1. The second-order valence-corrected chi connectivity index (χ2v) is 4.46. The van der Waals surface area contributed by atoms with Crippen LogP contribution in [0.1, 0.15) is 19.3 Å². The Morgan fingerprint density at radius 3 is 2.20 bits per heavy atom. The molecule has 0 unspecified atom stereocenters. The summed E-state index contributed by atoms with van der Waals surface area (Å²) >= 11 is 0. The van der Waals surface area contributed by atoms with Gasteiger partial charge in [0.2, 0.25) is 17.5 Å². The topological polar surface area (TPSA) is 45.2 Å². The van der Waals surface area contributed by atoms with Gasteiger partial charge in [-0.2, -0.15) is 22.5 Å². The first kappa shape index (κ1) is 14.5. The minimum atomic E-state index is -1.72. The molecule has 8 heteroatoms. The van der Waals surface area contributed by atoms with Crippen molar-refractivity contribution in [3.8, 4) is 0 Å². The summed E-state index contributed by atoms with van der Waals surface area (Å²) < 4.78 is 52.2. The van der Waals surface area contributed by atoms with E-state index in [2.05, 4.69) is 10.3 Å². The zero-order chi connectivity index (χ0) is 14.7. The number of carbonyl (C=O) groups excluding carboxylic acids is 1. The third-order valence-electron chi connectivity index (χ3n) is 3.10. The smallest absolute Gasteiger partial charge is 0.253 e. The van der Waals surface area contributed by atoms with Crippen molar-refractivity contribution in [1.82, 2.24) is 9.88 Å². The molecule has 0 aromatic carbocycles. The van der Waals surface area contributed by atoms with E-state index in [9.17, 15) is 22.4 Å². The summed E-state index contributed by atoms with van der Waals surface area (Å²) in [7, 11) is 0. The van der Waals surface area contributed by atoms with Crippen molar-refractivity contribution in [3.63, 3.8) is 0 Å². The number of amides is 1. The summed E-state index contributed by atoms with van der Waals surface area (Å²) in [6.45, 7) is 1.21. The van der Waals surface area contributed by atoms with Crippen molar-refractivity contribution < 1.29 is 22.4 Å². The normalized spacial score (nSPS) is 14.7. The minimum absolute atomic E-state index is 0.00948. The highest BCUT2D eigenvalue weighted by Crippen LogP contribution is 2.22. The van der Waals surface area contributed by atoms with E-state index in [0.717, 1.165) is 12.8 Å². The maximum atomic E-state index is 13.3. The second kappa shape index (κ2) is 6.06. The Morgan fingerprint density at radius 2 is 1.65 bits per heavy atom. The highest BCUT2D eigenvalue weighted by Gasteiger charge is 2.21. The van der Waals surface area contributed by atoms with Gasteiger partial charge in [0.1, 0.15) is 5.69 Å². The predicted molar refractivity (Wildman–Crippen MR) is 63.0 cm³/mol. The van der Waals surface area contributed by atoms with Crippen LogP contribution in [-0.4, -0.2) is 35.4 Å². The molecule has 1 saturated heterocycles. The minimum Gasteiger partial charge on any atom is -0.379 e. The number of rotatable bonds is 4. The van der Waals surface area contributed by atoms with E-state index >= 15 is 0 Å². The molecule has 1 aromatic heterocycles. The third kappa shape index (κ3) is 3.00. The fourth-order valence-corrected chi connectivity index (χ4v) is 2.06. The van der Waals surface area contributed by atoms with Gasteiger partial charge in [0.05, 0.1) is 0 Å². The number of nitrogens with zero attached hydrogens (tertiary/aromatic N) is 2. The number of nitrogens with one attached hydrogen (secondary N) is 1. The van der Waals surface area contributed by atoms with Crippen molar-refractivity contribution in [2.45, 2.75) is 19.3 Å². The summed E-state index contributed by atoms with van der Waals surface area (Å²) in [6, 6.07) is 0. The molecular formula is C12H13F4N3O. The zero-order valence-corrected chi connectivity index (χ0v) is 10.6. The average molecular weight is 291 g/mol. The lowest BCUT2D eigenvalue weighted by molar-refractivity contribution is -0.129. The van der Waals surface area contributed by atoms with Crippen molar-refractivity contribution in [3.05, 3.63) is 23.5 Å². The van der Waals surface area contributed by atoms with Gasteiger partial charge in [-0.3, -0.25) is 4.79 Å². The number of halogens is 4. The van der Waals surface area contributed by atoms with Gasteiger partial charge in [0, 0.05) is 26.1 Å². The van der Waals surface area contributed by atoms with Crippen LogP contribution in [0.2, 0.25) is 0 Å². The van der Waals surface area contributed by atoms with Gasteiger partial charge in [0.15, 0.2) is 0 Å². The van der Waals surface area contributed by atoms with Crippen LogP contribution in [0.4, 0.5) is 23.2 Å². The molecule has 0 spiro atoms. The van der Waals surface area contributed by atoms with E-state index in [4.69, 9.17) is 0 Å². The summed E-state index contributed by atoms with van der Waals surface area (Å²) in [4.78, 5) is 15.8. The van der Waals surface area contributed by atoms with Crippen LogP contribution in [0.25, 0.3) is 0 Å². The van der Waals surface area contributed by atoms with Gasteiger partial charge < -0.3 is 10.2 Å². The molecule has 2 rings (SSSR count). The van der Waals surface area contributed by atoms with E-state index in [1.807, 2.05) is 0 Å². The average Bonchev–Trinajstić information content (AvgIpc) is 2.94. The van der Waals surface area contributed by atoms with Crippen molar-refractivity contribution in [1.29, 1.82) is 0 Å². The van der Waals surface area contributed by atoms with E-state index < -0.39 is 29.2 Å².